The lowest BCUT2D eigenvalue weighted by atomic mass is 9.95. The number of carbonyl (C=O) groups is 1. The molecule has 0 spiro atoms. The molecule has 0 aromatic heterocycles. The molecule has 3 heteroatoms. The van der Waals surface area contributed by atoms with Gasteiger partial charge in [-0.15, -0.1) is 0 Å². The Labute approximate surface area is 117 Å². The lowest BCUT2D eigenvalue weighted by Gasteiger charge is -2.13. The first-order chi connectivity index (χ1) is 9.56. The van der Waals surface area contributed by atoms with Crippen LogP contribution in [-0.2, 0) is 6.42 Å². The second-order valence-electron chi connectivity index (χ2n) is 5.36. The molecule has 1 aliphatic heterocycles. The Morgan fingerprint density at radius 2 is 2.00 bits per heavy atom. The monoisotopic (exact) mass is 269 g/mol. The topological polar surface area (TPSA) is 29.1 Å². The molecular weight excluding hydrogens is 253 g/mol. The number of anilines is 1. The minimum Gasteiger partial charge on any atom is -0.374 e. The predicted octanol–water partition coefficient (Wildman–Crippen LogP) is 3.66. The van der Waals surface area contributed by atoms with E-state index >= 15 is 0 Å². The fourth-order valence-corrected chi connectivity index (χ4v) is 2.86. The maximum atomic E-state index is 14.1. The van der Waals surface area contributed by atoms with Gasteiger partial charge in [-0.25, -0.2) is 4.39 Å². The van der Waals surface area contributed by atoms with Gasteiger partial charge in [0.05, 0.1) is 11.6 Å². The van der Waals surface area contributed by atoms with Gasteiger partial charge < -0.3 is 5.32 Å². The maximum absolute atomic E-state index is 14.1. The molecule has 0 amide bonds. The number of aryl methyl sites for hydroxylation is 2. The highest BCUT2D eigenvalue weighted by Gasteiger charge is 2.29. The van der Waals surface area contributed by atoms with Crippen LogP contribution in [0.3, 0.4) is 0 Å². The minimum atomic E-state index is -0.426. The van der Waals surface area contributed by atoms with Gasteiger partial charge in [-0.3, -0.25) is 4.79 Å². The van der Waals surface area contributed by atoms with Gasteiger partial charge in [0.25, 0.3) is 0 Å². The van der Waals surface area contributed by atoms with Crippen LogP contribution in [0.25, 0.3) is 0 Å². The molecule has 0 saturated heterocycles. The zero-order valence-electron chi connectivity index (χ0n) is 11.5. The number of rotatable bonds is 2. The van der Waals surface area contributed by atoms with Crippen LogP contribution in [0, 0.1) is 19.7 Å². The van der Waals surface area contributed by atoms with Crippen molar-refractivity contribution < 1.29 is 9.18 Å². The summed E-state index contributed by atoms with van der Waals surface area (Å²) < 4.78 is 14.1. The number of Topliss-reactive ketones (excluding diaryl/α,β-unsaturated/α-hetero) is 1. The highest BCUT2D eigenvalue weighted by Crippen LogP contribution is 2.28. The van der Waals surface area contributed by atoms with Gasteiger partial charge in [-0.05, 0) is 42.7 Å². The Kier molecular flexibility index (Phi) is 3.05. The molecule has 1 N–H and O–H groups in total. The van der Waals surface area contributed by atoms with Crippen LogP contribution < -0.4 is 5.32 Å². The van der Waals surface area contributed by atoms with E-state index in [2.05, 4.69) is 5.32 Å². The summed E-state index contributed by atoms with van der Waals surface area (Å²) in [5, 5.41) is 3.19. The third-order valence-corrected chi connectivity index (χ3v) is 3.77. The van der Waals surface area contributed by atoms with E-state index in [1.54, 1.807) is 6.92 Å². The lowest BCUT2D eigenvalue weighted by molar-refractivity contribution is 0.0967. The van der Waals surface area contributed by atoms with Crippen molar-refractivity contribution >= 4 is 11.5 Å². The number of benzene rings is 2. The zero-order valence-corrected chi connectivity index (χ0v) is 11.5. The van der Waals surface area contributed by atoms with Crippen LogP contribution in [0.1, 0.15) is 27.0 Å². The number of fused-ring (bicyclic) bond motifs is 1. The van der Waals surface area contributed by atoms with E-state index in [0.717, 1.165) is 16.8 Å². The van der Waals surface area contributed by atoms with Crippen molar-refractivity contribution in [1.82, 2.24) is 0 Å². The van der Waals surface area contributed by atoms with Crippen molar-refractivity contribution in [1.29, 1.82) is 0 Å². The van der Waals surface area contributed by atoms with E-state index < -0.39 is 5.82 Å². The Bertz CT molecular complexity index is 645. The summed E-state index contributed by atoms with van der Waals surface area (Å²) in [6.45, 7) is 3.61. The summed E-state index contributed by atoms with van der Waals surface area (Å²) in [5.74, 6) is -0.596. The number of hydrogen-bond donors (Lipinski definition) is 1. The molecule has 1 heterocycles. The van der Waals surface area contributed by atoms with Crippen molar-refractivity contribution in [3.8, 4) is 0 Å². The molecule has 0 saturated carbocycles. The quantitative estimate of drug-likeness (QED) is 0.843. The number of nitrogens with one attached hydrogen (secondary N) is 1. The fraction of sp³-hybridized carbons (Fsp3) is 0.235. The minimum absolute atomic E-state index is 0.170. The van der Waals surface area contributed by atoms with E-state index in [-0.39, 0.29) is 17.4 Å². The van der Waals surface area contributed by atoms with Gasteiger partial charge in [0.15, 0.2) is 5.78 Å². The molecule has 0 aliphatic carbocycles. The van der Waals surface area contributed by atoms with Gasteiger partial charge in [0.2, 0.25) is 0 Å². The maximum Gasteiger partial charge on any atom is 0.188 e. The Morgan fingerprint density at radius 3 is 2.70 bits per heavy atom. The van der Waals surface area contributed by atoms with Crippen molar-refractivity contribution in [2.24, 2.45) is 0 Å². The Hall–Kier alpha value is -2.16. The van der Waals surface area contributed by atoms with Gasteiger partial charge in [0.1, 0.15) is 5.82 Å². The second-order valence-corrected chi connectivity index (χ2v) is 5.36. The molecule has 102 valence electrons. The molecule has 0 bridgehead atoms. The Balaban J connectivity index is 1.93. The van der Waals surface area contributed by atoms with Crippen molar-refractivity contribution in [3.05, 3.63) is 64.5 Å². The predicted molar refractivity (Wildman–Crippen MR) is 77.8 cm³/mol. The van der Waals surface area contributed by atoms with Crippen LogP contribution >= 0.6 is 0 Å². The van der Waals surface area contributed by atoms with E-state index in [4.69, 9.17) is 0 Å². The zero-order chi connectivity index (χ0) is 14.3. The summed E-state index contributed by atoms with van der Waals surface area (Å²) in [5.41, 5.74) is 3.82. The average molecular weight is 269 g/mol. The third-order valence-electron chi connectivity index (χ3n) is 3.77. The summed E-state index contributed by atoms with van der Waals surface area (Å²) in [4.78, 5) is 12.6. The first kappa shape index (κ1) is 12.9. The van der Waals surface area contributed by atoms with Crippen molar-refractivity contribution in [2.45, 2.75) is 26.3 Å². The van der Waals surface area contributed by atoms with Crippen molar-refractivity contribution in [3.63, 3.8) is 0 Å². The highest BCUT2D eigenvalue weighted by molar-refractivity contribution is 6.04. The van der Waals surface area contributed by atoms with Crippen LogP contribution in [-0.4, -0.2) is 11.8 Å². The smallest absolute Gasteiger partial charge is 0.188 e. The van der Waals surface area contributed by atoms with E-state index in [1.165, 1.54) is 6.07 Å². The van der Waals surface area contributed by atoms with E-state index in [9.17, 15) is 9.18 Å². The molecule has 1 aliphatic rings. The molecule has 2 nitrogen and oxygen atoms in total. The van der Waals surface area contributed by atoms with E-state index in [1.807, 2.05) is 37.3 Å². The first-order valence-electron chi connectivity index (χ1n) is 6.71. The number of para-hydroxylation sites is 1. The van der Waals surface area contributed by atoms with Gasteiger partial charge in [-0.1, -0.05) is 24.3 Å². The molecule has 0 fully saturated rings. The fourth-order valence-electron chi connectivity index (χ4n) is 2.86. The van der Waals surface area contributed by atoms with Crippen LogP contribution in [0.2, 0.25) is 0 Å². The van der Waals surface area contributed by atoms with Gasteiger partial charge in [0, 0.05) is 12.1 Å². The molecule has 0 radical (unpaired) electrons. The van der Waals surface area contributed by atoms with Crippen molar-refractivity contribution in [2.75, 3.05) is 5.32 Å². The lowest BCUT2D eigenvalue weighted by Crippen LogP contribution is -2.28. The summed E-state index contributed by atoms with van der Waals surface area (Å²) in [6, 6.07) is 10.7. The second kappa shape index (κ2) is 4.75. The Morgan fingerprint density at radius 1 is 1.25 bits per heavy atom. The molecule has 20 heavy (non-hydrogen) atoms. The number of hydrogen-bond acceptors (Lipinski definition) is 2. The molecule has 1 unspecified atom stereocenters. The summed E-state index contributed by atoms with van der Waals surface area (Å²) >= 11 is 0. The first-order valence-corrected chi connectivity index (χ1v) is 6.71. The molecule has 1 atom stereocenters. The molecule has 2 aromatic rings. The van der Waals surface area contributed by atoms with E-state index in [0.29, 0.717) is 12.0 Å². The molecule has 3 rings (SSSR count). The number of carbonyl (C=O) groups excluding carboxylic acids is 1. The van der Waals surface area contributed by atoms with Gasteiger partial charge in [-0.2, -0.15) is 0 Å². The SMILES string of the molecule is Cc1cc(C)c(C(=O)C2Cc3ccccc3N2)c(F)c1. The standard InChI is InChI=1S/C17H16FNO/c1-10-7-11(2)16(13(18)8-10)17(20)15-9-12-5-3-4-6-14(12)19-15/h3-8,15,19H,9H2,1-2H3. The van der Waals surface area contributed by atoms with Crippen LogP contribution in [0.5, 0.6) is 0 Å². The van der Waals surface area contributed by atoms with Crippen LogP contribution in [0.15, 0.2) is 36.4 Å². The molecular formula is C17H16FNO. The average Bonchev–Trinajstić information content (AvgIpc) is 2.81. The third kappa shape index (κ3) is 2.09. The number of ketones is 1. The largest absolute Gasteiger partial charge is 0.374 e. The summed E-state index contributed by atoms with van der Waals surface area (Å²) in [6.07, 6.45) is 0.613. The highest BCUT2D eigenvalue weighted by atomic mass is 19.1. The van der Waals surface area contributed by atoms with Crippen LogP contribution in [0.4, 0.5) is 10.1 Å². The number of halogens is 1. The molecule has 2 aromatic carbocycles. The van der Waals surface area contributed by atoms with Gasteiger partial charge >= 0.3 is 0 Å². The normalized spacial score (nSPS) is 16.6. The summed E-state index contributed by atoms with van der Waals surface area (Å²) in [7, 11) is 0.